The average molecular weight is 564 g/mol. The molecule has 1 N–H and O–H groups in total. The molecule has 42 heavy (non-hydrogen) atoms. The number of carbonyl (C=O) groups is 2. The minimum absolute atomic E-state index is 0.0839. The Kier molecular flexibility index (Phi) is 8.62. The SMILES string of the molecule is C[C@H](c1ccc(OC(C)(C)C)cc1)[C@H](NC(=O)OCC1c2ccccc2-c2ccccc21)C(=O)OCc1ccccc1. The van der Waals surface area contributed by atoms with E-state index >= 15 is 0 Å². The molecular weight excluding hydrogens is 526 g/mol. The Bertz CT molecular complexity index is 1480. The molecule has 0 spiro atoms. The number of hydrogen-bond acceptors (Lipinski definition) is 5. The maximum atomic E-state index is 13.4. The van der Waals surface area contributed by atoms with Gasteiger partial charge < -0.3 is 19.5 Å². The van der Waals surface area contributed by atoms with E-state index in [0.29, 0.717) is 0 Å². The van der Waals surface area contributed by atoms with Crippen molar-refractivity contribution in [2.45, 2.75) is 57.8 Å². The normalized spacial score (nSPS) is 13.8. The van der Waals surface area contributed by atoms with Gasteiger partial charge in [0.25, 0.3) is 0 Å². The molecule has 1 aliphatic carbocycles. The molecule has 0 radical (unpaired) electrons. The van der Waals surface area contributed by atoms with Gasteiger partial charge >= 0.3 is 12.1 Å². The zero-order valence-electron chi connectivity index (χ0n) is 24.5. The predicted octanol–water partition coefficient (Wildman–Crippen LogP) is 7.62. The number of fused-ring (bicyclic) bond motifs is 3. The van der Waals surface area contributed by atoms with Crippen molar-refractivity contribution < 1.29 is 23.8 Å². The van der Waals surface area contributed by atoms with Crippen molar-refractivity contribution in [1.82, 2.24) is 5.32 Å². The summed E-state index contributed by atoms with van der Waals surface area (Å²) in [4.78, 5) is 26.6. The first-order valence-electron chi connectivity index (χ1n) is 14.3. The Hall–Kier alpha value is -4.58. The summed E-state index contributed by atoms with van der Waals surface area (Å²) in [5, 5.41) is 2.81. The van der Waals surface area contributed by atoms with Gasteiger partial charge in [-0.3, -0.25) is 0 Å². The molecule has 0 fully saturated rings. The number of amides is 1. The molecule has 216 valence electrons. The molecule has 5 rings (SSSR count). The molecule has 2 atom stereocenters. The molecule has 4 aromatic carbocycles. The van der Waals surface area contributed by atoms with E-state index in [0.717, 1.165) is 39.1 Å². The van der Waals surface area contributed by atoms with Crippen LogP contribution in [0.15, 0.2) is 103 Å². The van der Waals surface area contributed by atoms with Crippen molar-refractivity contribution in [3.63, 3.8) is 0 Å². The summed E-state index contributed by atoms with van der Waals surface area (Å²) in [6.07, 6.45) is -0.668. The van der Waals surface area contributed by atoms with Crippen LogP contribution in [0.3, 0.4) is 0 Å². The van der Waals surface area contributed by atoms with E-state index in [1.165, 1.54) is 0 Å². The Morgan fingerprint density at radius 2 is 1.33 bits per heavy atom. The highest BCUT2D eigenvalue weighted by Crippen LogP contribution is 2.44. The average Bonchev–Trinajstić information content (AvgIpc) is 3.31. The standard InChI is InChI=1S/C36H37NO5/c1-24(26-18-20-27(21-19-26)42-36(2,3)4)33(34(38)40-22-25-12-6-5-7-13-25)37-35(39)41-23-32-30-16-10-8-14-28(30)29-15-9-11-17-31(29)32/h5-21,24,32-33H,22-23H2,1-4H3,(H,37,39)/t24-,33+/m1/s1. The van der Waals surface area contributed by atoms with Crippen molar-refractivity contribution >= 4 is 12.1 Å². The van der Waals surface area contributed by atoms with Gasteiger partial charge in [-0.05, 0) is 66.3 Å². The van der Waals surface area contributed by atoms with E-state index in [1.807, 2.05) is 107 Å². The van der Waals surface area contributed by atoms with Crippen molar-refractivity contribution in [1.29, 1.82) is 0 Å². The first-order valence-corrected chi connectivity index (χ1v) is 14.3. The summed E-state index contributed by atoms with van der Waals surface area (Å²) in [7, 11) is 0. The van der Waals surface area contributed by atoms with Crippen LogP contribution < -0.4 is 10.1 Å². The number of hydrogen-bond donors (Lipinski definition) is 1. The fourth-order valence-corrected chi connectivity index (χ4v) is 5.36. The molecule has 0 aliphatic heterocycles. The van der Waals surface area contributed by atoms with E-state index < -0.39 is 24.0 Å². The largest absolute Gasteiger partial charge is 0.488 e. The Balaban J connectivity index is 1.30. The number of benzene rings is 4. The zero-order valence-corrected chi connectivity index (χ0v) is 24.5. The van der Waals surface area contributed by atoms with Crippen molar-refractivity contribution in [2.24, 2.45) is 0 Å². The minimum Gasteiger partial charge on any atom is -0.488 e. The van der Waals surface area contributed by atoms with Crippen LogP contribution in [0.5, 0.6) is 5.75 Å². The number of nitrogens with one attached hydrogen (secondary N) is 1. The molecule has 0 bridgehead atoms. The van der Waals surface area contributed by atoms with Crippen LogP contribution in [0.1, 0.15) is 61.8 Å². The third kappa shape index (κ3) is 6.82. The van der Waals surface area contributed by atoms with Gasteiger partial charge in [0.2, 0.25) is 0 Å². The smallest absolute Gasteiger partial charge is 0.407 e. The summed E-state index contributed by atoms with van der Waals surface area (Å²) in [6.45, 7) is 8.10. The lowest BCUT2D eigenvalue weighted by atomic mass is 9.93. The van der Waals surface area contributed by atoms with Crippen LogP contribution in [0.25, 0.3) is 11.1 Å². The Morgan fingerprint density at radius 1 is 0.762 bits per heavy atom. The molecule has 0 unspecified atom stereocenters. The number of esters is 1. The van der Waals surface area contributed by atoms with Gasteiger partial charge in [-0.25, -0.2) is 9.59 Å². The van der Waals surface area contributed by atoms with Gasteiger partial charge in [-0.15, -0.1) is 0 Å². The number of ether oxygens (including phenoxy) is 3. The van der Waals surface area contributed by atoms with Crippen LogP contribution in [0.2, 0.25) is 0 Å². The Labute approximate surface area is 247 Å². The second kappa shape index (κ2) is 12.5. The fourth-order valence-electron chi connectivity index (χ4n) is 5.36. The van der Waals surface area contributed by atoms with Gasteiger partial charge in [0, 0.05) is 11.8 Å². The first kappa shape index (κ1) is 28.9. The molecule has 0 saturated carbocycles. The lowest BCUT2D eigenvalue weighted by Gasteiger charge is -2.25. The van der Waals surface area contributed by atoms with Crippen molar-refractivity contribution in [3.8, 4) is 16.9 Å². The van der Waals surface area contributed by atoms with Crippen LogP contribution in [0, 0.1) is 0 Å². The highest BCUT2D eigenvalue weighted by molar-refractivity contribution is 5.83. The maximum absolute atomic E-state index is 13.4. The topological polar surface area (TPSA) is 73.9 Å². The molecule has 1 aliphatic rings. The van der Waals surface area contributed by atoms with E-state index in [2.05, 4.69) is 29.6 Å². The fraction of sp³-hybridized carbons (Fsp3) is 0.278. The van der Waals surface area contributed by atoms with E-state index in [1.54, 1.807) is 0 Å². The van der Waals surface area contributed by atoms with Crippen LogP contribution in [0.4, 0.5) is 4.79 Å². The molecular formula is C36H37NO5. The molecule has 1 amide bonds. The third-order valence-electron chi connectivity index (χ3n) is 7.42. The van der Waals surface area contributed by atoms with Gasteiger partial charge in [0.05, 0.1) is 0 Å². The summed E-state index contributed by atoms with van der Waals surface area (Å²) in [5.74, 6) is -0.280. The summed E-state index contributed by atoms with van der Waals surface area (Å²) < 4.78 is 17.4. The van der Waals surface area contributed by atoms with Gasteiger partial charge in [-0.2, -0.15) is 0 Å². The van der Waals surface area contributed by atoms with E-state index in [-0.39, 0.29) is 24.7 Å². The van der Waals surface area contributed by atoms with Gasteiger partial charge in [-0.1, -0.05) is 97.9 Å². The molecule has 0 heterocycles. The summed E-state index contributed by atoms with van der Waals surface area (Å²) >= 11 is 0. The minimum atomic E-state index is -0.959. The first-order chi connectivity index (χ1) is 20.2. The second-order valence-electron chi connectivity index (χ2n) is 11.6. The number of alkyl carbamates (subject to hydrolysis) is 1. The monoisotopic (exact) mass is 563 g/mol. The molecule has 0 aromatic heterocycles. The predicted molar refractivity (Wildman–Crippen MR) is 163 cm³/mol. The highest BCUT2D eigenvalue weighted by atomic mass is 16.6. The summed E-state index contributed by atoms with van der Waals surface area (Å²) in [5.41, 5.74) is 5.93. The van der Waals surface area contributed by atoms with Gasteiger partial charge in [0.1, 0.15) is 30.6 Å². The molecule has 6 heteroatoms. The van der Waals surface area contributed by atoms with Crippen LogP contribution >= 0.6 is 0 Å². The lowest BCUT2D eigenvalue weighted by Crippen LogP contribution is -2.45. The molecule has 4 aromatic rings. The van der Waals surface area contributed by atoms with Crippen molar-refractivity contribution in [3.05, 3.63) is 125 Å². The van der Waals surface area contributed by atoms with Crippen LogP contribution in [-0.4, -0.2) is 30.3 Å². The van der Waals surface area contributed by atoms with E-state index in [4.69, 9.17) is 14.2 Å². The van der Waals surface area contributed by atoms with E-state index in [9.17, 15) is 9.59 Å². The Morgan fingerprint density at radius 3 is 1.93 bits per heavy atom. The second-order valence-corrected chi connectivity index (χ2v) is 11.6. The number of carbonyl (C=O) groups excluding carboxylic acids is 2. The maximum Gasteiger partial charge on any atom is 0.407 e. The molecule has 0 saturated heterocycles. The third-order valence-corrected chi connectivity index (χ3v) is 7.42. The number of rotatable bonds is 9. The highest BCUT2D eigenvalue weighted by Gasteiger charge is 2.32. The lowest BCUT2D eigenvalue weighted by molar-refractivity contribution is -0.148. The molecule has 6 nitrogen and oxygen atoms in total. The van der Waals surface area contributed by atoms with Gasteiger partial charge in [0.15, 0.2) is 0 Å². The zero-order chi connectivity index (χ0) is 29.7. The van der Waals surface area contributed by atoms with Crippen molar-refractivity contribution in [2.75, 3.05) is 6.61 Å². The van der Waals surface area contributed by atoms with Crippen LogP contribution in [-0.2, 0) is 20.9 Å². The quantitative estimate of drug-likeness (QED) is 0.212. The summed E-state index contributed by atoms with van der Waals surface area (Å²) in [6, 6.07) is 32.4.